The van der Waals surface area contributed by atoms with Gasteiger partial charge in [0.05, 0.1) is 18.1 Å². The minimum absolute atomic E-state index is 0.0474. The van der Waals surface area contributed by atoms with E-state index in [9.17, 15) is 20.1 Å². The van der Waals surface area contributed by atoms with E-state index in [4.69, 9.17) is 0 Å². The van der Waals surface area contributed by atoms with Crippen molar-refractivity contribution >= 4 is 5.97 Å². The minimum atomic E-state index is -0.768. The van der Waals surface area contributed by atoms with E-state index in [0.29, 0.717) is 5.92 Å². The van der Waals surface area contributed by atoms with Crippen molar-refractivity contribution in [1.82, 2.24) is 0 Å². The summed E-state index contributed by atoms with van der Waals surface area (Å²) in [5.74, 6) is -0.948. The number of carbonyl (C=O) groups is 1. The maximum atomic E-state index is 11.8. The van der Waals surface area contributed by atoms with Gasteiger partial charge in [0.1, 0.15) is 0 Å². The van der Waals surface area contributed by atoms with Crippen molar-refractivity contribution in [3.63, 3.8) is 0 Å². The molecule has 4 heteroatoms. The Balaban J connectivity index is 1.84. The van der Waals surface area contributed by atoms with Gasteiger partial charge in [0, 0.05) is 10.8 Å². The lowest BCUT2D eigenvalue weighted by molar-refractivity contribution is -0.147. The fraction of sp³-hybridized carbons (Fsp3) is 0.800. The molecule has 2 saturated carbocycles. The Morgan fingerprint density at radius 2 is 1.72 bits per heavy atom. The van der Waals surface area contributed by atoms with Crippen LogP contribution in [0.3, 0.4) is 0 Å². The fourth-order valence-corrected chi connectivity index (χ4v) is 8.04. The monoisotopic (exact) mass is 402 g/mol. The van der Waals surface area contributed by atoms with Crippen molar-refractivity contribution in [3.8, 4) is 0 Å². The summed E-state index contributed by atoms with van der Waals surface area (Å²) in [6.45, 7) is 12.9. The lowest BCUT2D eigenvalue weighted by Crippen LogP contribution is -2.57. The van der Waals surface area contributed by atoms with E-state index >= 15 is 0 Å². The summed E-state index contributed by atoms with van der Waals surface area (Å²) in [6.07, 6.45) is 7.90. The van der Waals surface area contributed by atoms with Gasteiger partial charge in [0.2, 0.25) is 0 Å². The third-order valence-corrected chi connectivity index (χ3v) is 10.4. The normalized spacial score (nSPS) is 49.2. The number of carboxylic acid groups (broad SMARTS) is 1. The second-order valence-electron chi connectivity index (χ2n) is 11.6. The van der Waals surface area contributed by atoms with Gasteiger partial charge < -0.3 is 15.3 Å². The molecule has 0 heterocycles. The van der Waals surface area contributed by atoms with Crippen LogP contribution in [0.5, 0.6) is 0 Å². The number of aliphatic hydroxyl groups is 2. The number of hydrogen-bond donors (Lipinski definition) is 3. The van der Waals surface area contributed by atoms with Crippen LogP contribution in [-0.2, 0) is 4.79 Å². The van der Waals surface area contributed by atoms with Crippen molar-refractivity contribution in [3.05, 3.63) is 23.3 Å². The molecule has 4 aliphatic rings. The maximum absolute atomic E-state index is 11.8. The lowest BCUT2D eigenvalue weighted by Gasteiger charge is -2.61. The standard InChI is InChI=1S/C25H38O4/c1-14(21(28)29)15-9-12-24(5)16-7-8-18-22(2,3)19(26)10-11-23(18,4)17(16)13-20(27)25(15,24)6/h7,13-15,18-20,26-27H,8-12H2,1-6H3,(H,28,29)/t14-,15+,18-,19?,20+,23+,24-,25-/m0/s1. The summed E-state index contributed by atoms with van der Waals surface area (Å²) in [5.41, 5.74) is 1.68. The summed E-state index contributed by atoms with van der Waals surface area (Å²) >= 11 is 0. The molecule has 2 fully saturated rings. The van der Waals surface area contributed by atoms with Crippen molar-refractivity contribution in [2.24, 2.45) is 39.4 Å². The number of aliphatic carboxylic acids is 1. The van der Waals surface area contributed by atoms with Crippen LogP contribution in [0.1, 0.15) is 73.6 Å². The van der Waals surface area contributed by atoms with Crippen molar-refractivity contribution < 1.29 is 20.1 Å². The number of hydrogen-bond acceptors (Lipinski definition) is 3. The first-order valence-electron chi connectivity index (χ1n) is 11.3. The molecule has 0 aliphatic heterocycles. The Labute approximate surface area is 175 Å². The van der Waals surface area contributed by atoms with Crippen LogP contribution in [0.4, 0.5) is 0 Å². The highest BCUT2D eigenvalue weighted by atomic mass is 16.4. The second-order valence-corrected chi connectivity index (χ2v) is 11.6. The zero-order chi connectivity index (χ0) is 21.6. The molecule has 0 aromatic rings. The molecule has 0 amide bonds. The van der Waals surface area contributed by atoms with E-state index in [2.05, 4.69) is 46.8 Å². The molecule has 1 unspecified atom stereocenters. The first-order valence-corrected chi connectivity index (χ1v) is 11.3. The number of allylic oxidation sites excluding steroid dienone is 3. The van der Waals surface area contributed by atoms with E-state index < -0.39 is 23.4 Å². The zero-order valence-corrected chi connectivity index (χ0v) is 18.8. The Hall–Kier alpha value is -1.13. The first-order chi connectivity index (χ1) is 13.3. The number of aliphatic hydroxyl groups excluding tert-OH is 2. The van der Waals surface area contributed by atoms with Gasteiger partial charge in [-0.2, -0.15) is 0 Å². The molecular weight excluding hydrogens is 364 g/mol. The SMILES string of the molecule is C[C@H](C(=O)O)[C@H]1CC[C@@]2(C)C3=CC[C@H]4C(C)(C)C(O)CC[C@]4(C)C3=C[C@@H](O)[C@]12C. The predicted molar refractivity (Wildman–Crippen MR) is 113 cm³/mol. The highest BCUT2D eigenvalue weighted by molar-refractivity contribution is 5.70. The van der Waals surface area contributed by atoms with Crippen LogP contribution in [0, 0.1) is 39.4 Å². The highest BCUT2D eigenvalue weighted by Gasteiger charge is 2.66. The van der Waals surface area contributed by atoms with Crippen molar-refractivity contribution in [2.45, 2.75) is 85.9 Å². The van der Waals surface area contributed by atoms with E-state index in [0.717, 1.165) is 32.1 Å². The molecule has 0 bridgehead atoms. The largest absolute Gasteiger partial charge is 0.481 e. The average Bonchev–Trinajstić information content (AvgIpc) is 2.92. The molecular formula is C25H38O4. The molecule has 0 spiro atoms. The summed E-state index contributed by atoms with van der Waals surface area (Å²) < 4.78 is 0. The van der Waals surface area contributed by atoms with Crippen LogP contribution in [0.2, 0.25) is 0 Å². The van der Waals surface area contributed by atoms with E-state index in [1.807, 2.05) is 0 Å². The van der Waals surface area contributed by atoms with E-state index in [1.165, 1.54) is 11.1 Å². The molecule has 0 aromatic carbocycles. The van der Waals surface area contributed by atoms with Gasteiger partial charge in [-0.05, 0) is 65.9 Å². The Kier molecular flexibility index (Phi) is 4.51. The quantitative estimate of drug-likeness (QED) is 0.632. The molecule has 4 nitrogen and oxygen atoms in total. The van der Waals surface area contributed by atoms with Gasteiger partial charge in [-0.3, -0.25) is 4.79 Å². The first kappa shape index (κ1) is 21.1. The maximum Gasteiger partial charge on any atom is 0.306 e. The third-order valence-electron chi connectivity index (χ3n) is 10.4. The molecule has 4 rings (SSSR count). The Bertz CT molecular complexity index is 795. The predicted octanol–water partition coefficient (Wildman–Crippen LogP) is 4.56. The van der Waals surface area contributed by atoms with Crippen LogP contribution in [0.15, 0.2) is 23.3 Å². The summed E-state index contributed by atoms with van der Waals surface area (Å²) in [5, 5.41) is 31.9. The van der Waals surface area contributed by atoms with Gasteiger partial charge in [0.15, 0.2) is 0 Å². The van der Waals surface area contributed by atoms with Crippen molar-refractivity contribution in [2.75, 3.05) is 0 Å². The topological polar surface area (TPSA) is 77.8 Å². The third kappa shape index (κ3) is 2.42. The van der Waals surface area contributed by atoms with Crippen LogP contribution in [-0.4, -0.2) is 33.5 Å². The van der Waals surface area contributed by atoms with Gasteiger partial charge in [-0.1, -0.05) is 53.7 Å². The number of rotatable bonds is 2. The van der Waals surface area contributed by atoms with Crippen LogP contribution in [0.25, 0.3) is 0 Å². The second kappa shape index (κ2) is 6.20. The van der Waals surface area contributed by atoms with Gasteiger partial charge >= 0.3 is 5.97 Å². The fourth-order valence-electron chi connectivity index (χ4n) is 8.04. The molecule has 8 atom stereocenters. The number of carboxylic acids is 1. The van der Waals surface area contributed by atoms with Crippen LogP contribution >= 0.6 is 0 Å². The Morgan fingerprint density at radius 3 is 2.34 bits per heavy atom. The summed E-state index contributed by atoms with van der Waals surface area (Å²) in [6, 6.07) is 0. The average molecular weight is 403 g/mol. The van der Waals surface area contributed by atoms with E-state index in [1.54, 1.807) is 6.92 Å². The Morgan fingerprint density at radius 1 is 1.07 bits per heavy atom. The molecule has 0 saturated heterocycles. The smallest absolute Gasteiger partial charge is 0.306 e. The molecule has 162 valence electrons. The van der Waals surface area contributed by atoms with Crippen LogP contribution < -0.4 is 0 Å². The minimum Gasteiger partial charge on any atom is -0.481 e. The lowest BCUT2D eigenvalue weighted by atomic mass is 9.43. The van der Waals surface area contributed by atoms with Gasteiger partial charge in [0.25, 0.3) is 0 Å². The van der Waals surface area contributed by atoms with Crippen molar-refractivity contribution in [1.29, 1.82) is 0 Å². The number of fused-ring (bicyclic) bond motifs is 5. The molecule has 0 aromatic heterocycles. The molecule has 0 radical (unpaired) electrons. The summed E-state index contributed by atoms with van der Waals surface area (Å²) in [4.78, 5) is 11.8. The summed E-state index contributed by atoms with van der Waals surface area (Å²) in [7, 11) is 0. The molecule has 4 aliphatic carbocycles. The zero-order valence-electron chi connectivity index (χ0n) is 18.8. The van der Waals surface area contributed by atoms with Gasteiger partial charge in [-0.25, -0.2) is 0 Å². The molecule has 29 heavy (non-hydrogen) atoms. The molecule has 3 N–H and O–H groups in total. The van der Waals surface area contributed by atoms with E-state index in [-0.39, 0.29) is 28.3 Å². The van der Waals surface area contributed by atoms with Gasteiger partial charge in [-0.15, -0.1) is 0 Å². The highest BCUT2D eigenvalue weighted by Crippen LogP contribution is 2.71.